The normalized spacial score (nSPS) is 19.5. The van der Waals surface area contributed by atoms with Crippen LogP contribution in [0.15, 0.2) is 35.2 Å². The number of anilines is 1. The maximum atomic E-state index is 13.2. The van der Waals surface area contributed by atoms with E-state index in [-0.39, 0.29) is 11.7 Å². The minimum Gasteiger partial charge on any atom is -0.381 e. The fraction of sp³-hybridized carbons (Fsp3) is 0.385. The number of hydrogen-bond donors (Lipinski definition) is 1. The SMILES string of the molecule is O=S(=O)(c1cc(F)ccc1NC1CC=CCC1)C(F)(F)F. The number of hydrogen-bond acceptors (Lipinski definition) is 3. The van der Waals surface area contributed by atoms with Crippen LogP contribution in [0.5, 0.6) is 0 Å². The highest BCUT2D eigenvalue weighted by molar-refractivity contribution is 7.92. The molecule has 0 amide bonds. The average Bonchev–Trinajstić information content (AvgIpc) is 2.40. The topological polar surface area (TPSA) is 46.2 Å². The van der Waals surface area contributed by atoms with E-state index < -0.39 is 26.1 Å². The molecule has 1 aliphatic rings. The van der Waals surface area contributed by atoms with Crippen molar-refractivity contribution in [2.75, 3.05) is 5.32 Å². The smallest absolute Gasteiger partial charge is 0.381 e. The summed E-state index contributed by atoms with van der Waals surface area (Å²) in [6.07, 6.45) is 5.79. The average molecular weight is 323 g/mol. The lowest BCUT2D eigenvalue weighted by Crippen LogP contribution is -2.27. The Morgan fingerprint density at radius 3 is 2.48 bits per heavy atom. The first-order chi connectivity index (χ1) is 9.72. The molecule has 1 unspecified atom stereocenters. The molecular weight excluding hydrogens is 310 g/mol. The minimum atomic E-state index is -5.60. The van der Waals surface area contributed by atoms with Crippen LogP contribution in [0.1, 0.15) is 19.3 Å². The van der Waals surface area contributed by atoms with Gasteiger partial charge in [0.2, 0.25) is 0 Å². The Kier molecular flexibility index (Phi) is 4.27. The number of sulfone groups is 1. The Hall–Kier alpha value is -1.57. The Labute approximate surface area is 119 Å². The van der Waals surface area contributed by atoms with Gasteiger partial charge in [-0.05, 0) is 37.5 Å². The third-order valence-corrected chi connectivity index (χ3v) is 4.69. The lowest BCUT2D eigenvalue weighted by atomic mass is 10.0. The Morgan fingerprint density at radius 1 is 1.19 bits per heavy atom. The van der Waals surface area contributed by atoms with Gasteiger partial charge in [0.1, 0.15) is 10.7 Å². The monoisotopic (exact) mass is 323 g/mol. The molecule has 0 saturated heterocycles. The van der Waals surface area contributed by atoms with E-state index in [2.05, 4.69) is 5.32 Å². The second-order valence-corrected chi connectivity index (χ2v) is 6.62. The third kappa shape index (κ3) is 3.37. The predicted octanol–water partition coefficient (Wildman–Crippen LogP) is 3.64. The molecule has 0 bridgehead atoms. The summed E-state index contributed by atoms with van der Waals surface area (Å²) in [4.78, 5) is -1.08. The minimum absolute atomic E-state index is 0.178. The molecule has 0 aliphatic heterocycles. The summed E-state index contributed by atoms with van der Waals surface area (Å²) in [5.74, 6) is -1.04. The van der Waals surface area contributed by atoms with Gasteiger partial charge in [-0.15, -0.1) is 0 Å². The van der Waals surface area contributed by atoms with Crippen molar-refractivity contribution < 1.29 is 26.0 Å². The molecule has 8 heteroatoms. The molecule has 0 fully saturated rings. The summed E-state index contributed by atoms with van der Waals surface area (Å²) in [5, 5.41) is 2.76. The molecule has 1 aliphatic carbocycles. The van der Waals surface area contributed by atoms with Gasteiger partial charge in [-0.25, -0.2) is 12.8 Å². The van der Waals surface area contributed by atoms with Crippen LogP contribution >= 0.6 is 0 Å². The van der Waals surface area contributed by atoms with Gasteiger partial charge in [0.15, 0.2) is 0 Å². The number of alkyl halides is 3. The third-order valence-electron chi connectivity index (χ3n) is 3.17. The van der Waals surface area contributed by atoms with Crippen molar-refractivity contribution in [3.05, 3.63) is 36.2 Å². The molecule has 21 heavy (non-hydrogen) atoms. The van der Waals surface area contributed by atoms with Crippen LogP contribution in [0.4, 0.5) is 23.2 Å². The number of rotatable bonds is 3. The van der Waals surface area contributed by atoms with E-state index in [0.29, 0.717) is 18.9 Å². The first kappa shape index (κ1) is 15.8. The first-order valence-electron chi connectivity index (χ1n) is 6.24. The van der Waals surface area contributed by atoms with Crippen LogP contribution in [0.2, 0.25) is 0 Å². The molecule has 1 aromatic rings. The molecule has 1 aromatic carbocycles. The van der Waals surface area contributed by atoms with Gasteiger partial charge >= 0.3 is 5.51 Å². The van der Waals surface area contributed by atoms with Gasteiger partial charge in [-0.2, -0.15) is 13.2 Å². The maximum Gasteiger partial charge on any atom is 0.501 e. The second-order valence-electron chi connectivity index (χ2n) is 4.72. The molecule has 1 N–H and O–H groups in total. The first-order valence-corrected chi connectivity index (χ1v) is 7.72. The summed E-state index contributed by atoms with van der Waals surface area (Å²) >= 11 is 0. The van der Waals surface area contributed by atoms with Gasteiger partial charge in [0, 0.05) is 6.04 Å². The van der Waals surface area contributed by atoms with E-state index in [1.807, 2.05) is 12.2 Å². The molecule has 2 rings (SSSR count). The summed E-state index contributed by atoms with van der Waals surface area (Å²) in [7, 11) is -5.60. The highest BCUT2D eigenvalue weighted by Gasteiger charge is 2.48. The second kappa shape index (κ2) is 5.67. The fourth-order valence-electron chi connectivity index (χ4n) is 2.11. The fourth-order valence-corrected chi connectivity index (χ4v) is 3.04. The van der Waals surface area contributed by atoms with E-state index >= 15 is 0 Å². The zero-order valence-electron chi connectivity index (χ0n) is 10.8. The van der Waals surface area contributed by atoms with Crippen LogP contribution in [0, 0.1) is 5.82 Å². The number of benzene rings is 1. The van der Waals surface area contributed by atoms with Crippen molar-refractivity contribution in [1.82, 2.24) is 0 Å². The molecular formula is C13H13F4NO2S. The van der Waals surface area contributed by atoms with Gasteiger partial charge < -0.3 is 5.32 Å². The van der Waals surface area contributed by atoms with Crippen LogP contribution in [0.3, 0.4) is 0 Å². The van der Waals surface area contributed by atoms with Crippen LogP contribution < -0.4 is 5.32 Å². The van der Waals surface area contributed by atoms with E-state index in [4.69, 9.17) is 0 Å². The summed E-state index contributed by atoms with van der Waals surface area (Å²) in [6, 6.07) is 2.16. The summed E-state index contributed by atoms with van der Waals surface area (Å²) in [5.41, 5.74) is -5.70. The van der Waals surface area contributed by atoms with Gasteiger partial charge in [-0.1, -0.05) is 12.2 Å². The largest absolute Gasteiger partial charge is 0.501 e. The number of nitrogens with one attached hydrogen (secondary N) is 1. The Balaban J connectivity index is 2.41. The van der Waals surface area contributed by atoms with Gasteiger partial charge in [-0.3, -0.25) is 0 Å². The Bertz CT molecular complexity index is 653. The van der Waals surface area contributed by atoms with E-state index in [0.717, 1.165) is 18.6 Å². The summed E-state index contributed by atoms with van der Waals surface area (Å²) < 4.78 is 74.2. The highest BCUT2D eigenvalue weighted by atomic mass is 32.2. The molecule has 0 saturated carbocycles. The molecule has 0 radical (unpaired) electrons. The van der Waals surface area contributed by atoms with Crippen molar-refractivity contribution >= 4 is 15.5 Å². The molecule has 0 heterocycles. The molecule has 1 atom stereocenters. The van der Waals surface area contributed by atoms with Crippen molar-refractivity contribution in [3.8, 4) is 0 Å². The van der Waals surface area contributed by atoms with Crippen LogP contribution in [0.25, 0.3) is 0 Å². The van der Waals surface area contributed by atoms with Crippen molar-refractivity contribution in [2.45, 2.75) is 35.7 Å². The summed E-state index contributed by atoms with van der Waals surface area (Å²) in [6.45, 7) is 0. The van der Waals surface area contributed by atoms with E-state index in [1.165, 1.54) is 0 Å². The molecule has 116 valence electrons. The van der Waals surface area contributed by atoms with Crippen LogP contribution in [-0.2, 0) is 9.84 Å². The molecule has 0 spiro atoms. The lowest BCUT2D eigenvalue weighted by molar-refractivity contribution is -0.0435. The van der Waals surface area contributed by atoms with Crippen molar-refractivity contribution in [1.29, 1.82) is 0 Å². The maximum absolute atomic E-state index is 13.2. The standard InChI is InChI=1S/C13H13F4NO2S/c14-9-6-7-11(18-10-4-2-1-3-5-10)12(8-9)21(19,20)13(15,16)17/h1-2,6-8,10,18H,3-5H2. The quantitative estimate of drug-likeness (QED) is 0.682. The van der Waals surface area contributed by atoms with Gasteiger partial charge in [0.25, 0.3) is 9.84 Å². The van der Waals surface area contributed by atoms with Crippen molar-refractivity contribution in [2.24, 2.45) is 0 Å². The van der Waals surface area contributed by atoms with Crippen LogP contribution in [-0.4, -0.2) is 20.0 Å². The number of allylic oxidation sites excluding steroid dienone is 1. The number of halogens is 4. The predicted molar refractivity (Wildman–Crippen MR) is 70.0 cm³/mol. The molecule has 0 aromatic heterocycles. The zero-order chi connectivity index (χ0) is 15.7. The Morgan fingerprint density at radius 2 is 1.90 bits per heavy atom. The van der Waals surface area contributed by atoms with Crippen molar-refractivity contribution in [3.63, 3.8) is 0 Å². The highest BCUT2D eigenvalue weighted by Crippen LogP contribution is 2.35. The zero-order valence-corrected chi connectivity index (χ0v) is 11.6. The molecule has 3 nitrogen and oxygen atoms in total. The van der Waals surface area contributed by atoms with E-state index in [1.54, 1.807) is 0 Å². The van der Waals surface area contributed by atoms with Gasteiger partial charge in [0.05, 0.1) is 5.69 Å². The van der Waals surface area contributed by atoms with E-state index in [9.17, 15) is 26.0 Å². The lowest BCUT2D eigenvalue weighted by Gasteiger charge is -2.22.